The van der Waals surface area contributed by atoms with E-state index in [0.29, 0.717) is 5.25 Å². The Hall–Kier alpha value is -0.710. The molecule has 1 aromatic carbocycles. The van der Waals surface area contributed by atoms with Crippen LogP contribution in [0.15, 0.2) is 29.2 Å². The number of anilines is 1. The molecule has 1 aliphatic rings. The summed E-state index contributed by atoms with van der Waals surface area (Å²) < 4.78 is 1.23. The molecular formula is C18H32N3S+. The zero-order valence-corrected chi connectivity index (χ0v) is 15.5. The van der Waals surface area contributed by atoms with E-state index < -0.39 is 0 Å². The molecule has 1 fully saturated rings. The Labute approximate surface area is 140 Å². The molecule has 0 aromatic heterocycles. The molecule has 0 spiro atoms. The van der Waals surface area contributed by atoms with Crippen molar-refractivity contribution in [2.75, 3.05) is 58.3 Å². The Balaban J connectivity index is 1.88. The minimum Gasteiger partial charge on any atom is -0.373 e. The SMILES string of the molecule is CC(C)Sc1ccccc1N(C)CCC[N+]1(C)CCNCC1. The molecule has 3 nitrogen and oxygen atoms in total. The average molecular weight is 323 g/mol. The van der Waals surface area contributed by atoms with E-state index in [1.807, 2.05) is 11.8 Å². The summed E-state index contributed by atoms with van der Waals surface area (Å²) in [6, 6.07) is 8.81. The maximum atomic E-state index is 3.46. The van der Waals surface area contributed by atoms with E-state index in [1.54, 1.807) is 0 Å². The summed E-state index contributed by atoms with van der Waals surface area (Å²) >= 11 is 1.96. The molecule has 0 saturated carbocycles. The van der Waals surface area contributed by atoms with E-state index in [0.717, 1.165) is 6.54 Å². The summed E-state index contributed by atoms with van der Waals surface area (Å²) in [6.07, 6.45) is 1.26. The first-order chi connectivity index (χ1) is 10.5. The van der Waals surface area contributed by atoms with Crippen molar-refractivity contribution in [3.63, 3.8) is 0 Å². The van der Waals surface area contributed by atoms with Gasteiger partial charge >= 0.3 is 0 Å². The maximum Gasteiger partial charge on any atom is 0.0911 e. The molecule has 0 amide bonds. The van der Waals surface area contributed by atoms with Gasteiger partial charge in [-0.3, -0.25) is 0 Å². The lowest BCUT2D eigenvalue weighted by Gasteiger charge is -2.38. The minimum atomic E-state index is 0.625. The molecule has 22 heavy (non-hydrogen) atoms. The lowest BCUT2D eigenvalue weighted by Crippen LogP contribution is -2.56. The highest BCUT2D eigenvalue weighted by Gasteiger charge is 2.23. The predicted octanol–water partition coefficient (Wildman–Crippen LogP) is 3.06. The number of quaternary nitrogens is 1. The highest BCUT2D eigenvalue weighted by atomic mass is 32.2. The van der Waals surface area contributed by atoms with Crippen LogP contribution in [-0.2, 0) is 0 Å². The third-order valence-corrected chi connectivity index (χ3v) is 5.56. The van der Waals surface area contributed by atoms with Crippen molar-refractivity contribution in [2.45, 2.75) is 30.4 Å². The molecule has 0 unspecified atom stereocenters. The second-order valence-electron chi connectivity index (χ2n) is 6.95. The van der Waals surface area contributed by atoms with Crippen LogP contribution in [-0.4, -0.2) is 63.1 Å². The number of piperazine rings is 1. The lowest BCUT2D eigenvalue weighted by atomic mass is 10.2. The molecule has 1 N–H and O–H groups in total. The molecule has 1 aliphatic heterocycles. The molecule has 0 atom stereocenters. The van der Waals surface area contributed by atoms with Gasteiger partial charge in [0.2, 0.25) is 0 Å². The van der Waals surface area contributed by atoms with Crippen LogP contribution < -0.4 is 10.2 Å². The first kappa shape index (κ1) is 17.6. The molecular weight excluding hydrogens is 290 g/mol. The quantitative estimate of drug-likeness (QED) is 0.613. The van der Waals surface area contributed by atoms with E-state index in [4.69, 9.17) is 0 Å². The molecule has 2 rings (SSSR count). The van der Waals surface area contributed by atoms with Gasteiger partial charge in [0, 0.05) is 43.2 Å². The van der Waals surface area contributed by atoms with Crippen molar-refractivity contribution in [3.8, 4) is 0 Å². The van der Waals surface area contributed by atoms with Crippen molar-refractivity contribution in [1.29, 1.82) is 0 Å². The fourth-order valence-electron chi connectivity index (χ4n) is 3.09. The fourth-order valence-corrected chi connectivity index (χ4v) is 4.10. The average Bonchev–Trinajstić information content (AvgIpc) is 2.47. The first-order valence-electron chi connectivity index (χ1n) is 8.51. The van der Waals surface area contributed by atoms with Crippen molar-refractivity contribution >= 4 is 17.4 Å². The molecule has 0 aliphatic carbocycles. The van der Waals surface area contributed by atoms with Gasteiger partial charge in [-0.25, -0.2) is 0 Å². The van der Waals surface area contributed by atoms with Crippen molar-refractivity contribution in [2.24, 2.45) is 0 Å². The number of likely N-dealkylation sites (N-methyl/N-ethyl adjacent to an activating group) is 1. The Bertz CT molecular complexity index is 455. The Morgan fingerprint density at radius 2 is 1.91 bits per heavy atom. The van der Waals surface area contributed by atoms with E-state index in [2.05, 4.69) is 62.4 Å². The van der Waals surface area contributed by atoms with Crippen LogP contribution in [0.25, 0.3) is 0 Å². The number of para-hydroxylation sites is 1. The van der Waals surface area contributed by atoms with Gasteiger partial charge in [-0.1, -0.05) is 26.0 Å². The highest BCUT2D eigenvalue weighted by molar-refractivity contribution is 8.00. The molecule has 124 valence electrons. The number of rotatable bonds is 7. The zero-order valence-electron chi connectivity index (χ0n) is 14.6. The van der Waals surface area contributed by atoms with E-state index in [9.17, 15) is 0 Å². The van der Waals surface area contributed by atoms with Crippen LogP contribution in [0.2, 0.25) is 0 Å². The Morgan fingerprint density at radius 3 is 2.59 bits per heavy atom. The largest absolute Gasteiger partial charge is 0.373 e. The summed E-state index contributed by atoms with van der Waals surface area (Å²) in [7, 11) is 4.64. The van der Waals surface area contributed by atoms with Crippen molar-refractivity contribution < 1.29 is 4.48 Å². The number of nitrogens with zero attached hydrogens (tertiary/aromatic N) is 2. The monoisotopic (exact) mass is 322 g/mol. The molecule has 0 radical (unpaired) electrons. The summed E-state index contributed by atoms with van der Waals surface area (Å²) in [5.74, 6) is 0. The third-order valence-electron chi connectivity index (χ3n) is 4.49. The third kappa shape index (κ3) is 5.18. The fraction of sp³-hybridized carbons (Fsp3) is 0.667. The van der Waals surface area contributed by atoms with Crippen LogP contribution in [0, 0.1) is 0 Å². The molecule has 0 bridgehead atoms. The van der Waals surface area contributed by atoms with Crippen molar-refractivity contribution in [1.82, 2.24) is 5.32 Å². The lowest BCUT2D eigenvalue weighted by molar-refractivity contribution is -0.911. The Morgan fingerprint density at radius 1 is 1.23 bits per heavy atom. The zero-order chi connectivity index (χ0) is 16.0. The number of hydrogen-bond donors (Lipinski definition) is 1. The van der Waals surface area contributed by atoms with Crippen LogP contribution in [0.4, 0.5) is 5.69 Å². The van der Waals surface area contributed by atoms with Gasteiger partial charge in [0.1, 0.15) is 0 Å². The summed E-state index contributed by atoms with van der Waals surface area (Å²) in [6.45, 7) is 11.8. The number of hydrogen-bond acceptors (Lipinski definition) is 3. The highest BCUT2D eigenvalue weighted by Crippen LogP contribution is 2.32. The number of thioether (sulfide) groups is 1. The molecule has 1 saturated heterocycles. The van der Waals surface area contributed by atoms with Gasteiger partial charge in [-0.15, -0.1) is 11.8 Å². The van der Waals surface area contributed by atoms with Crippen LogP contribution in [0.5, 0.6) is 0 Å². The number of benzene rings is 1. The van der Waals surface area contributed by atoms with Crippen LogP contribution in [0.3, 0.4) is 0 Å². The van der Waals surface area contributed by atoms with E-state index >= 15 is 0 Å². The van der Waals surface area contributed by atoms with Crippen molar-refractivity contribution in [3.05, 3.63) is 24.3 Å². The molecule has 4 heteroatoms. The normalized spacial score (nSPS) is 17.7. The van der Waals surface area contributed by atoms with Gasteiger partial charge in [0.15, 0.2) is 0 Å². The summed E-state index contributed by atoms with van der Waals surface area (Å²) in [4.78, 5) is 3.83. The van der Waals surface area contributed by atoms with Crippen LogP contribution in [0.1, 0.15) is 20.3 Å². The van der Waals surface area contributed by atoms with E-state index in [1.165, 1.54) is 54.2 Å². The second kappa shape index (κ2) is 8.23. The van der Waals surface area contributed by atoms with Gasteiger partial charge < -0.3 is 14.7 Å². The Kier molecular flexibility index (Phi) is 6.60. The van der Waals surface area contributed by atoms with Gasteiger partial charge in [0.05, 0.1) is 32.4 Å². The van der Waals surface area contributed by atoms with E-state index in [-0.39, 0.29) is 0 Å². The standard InChI is InChI=1S/C18H32N3S/c1-16(2)22-18-9-6-5-8-17(18)20(3)12-7-13-21(4)14-10-19-11-15-21/h5-6,8-9,16,19H,7,10-15H2,1-4H3/q+1. The molecule has 1 heterocycles. The van der Waals surface area contributed by atoms with Gasteiger partial charge in [0.25, 0.3) is 0 Å². The van der Waals surface area contributed by atoms with Gasteiger partial charge in [-0.2, -0.15) is 0 Å². The smallest absolute Gasteiger partial charge is 0.0911 e. The molecule has 1 aromatic rings. The first-order valence-corrected chi connectivity index (χ1v) is 9.39. The minimum absolute atomic E-state index is 0.625. The summed E-state index contributed by atoms with van der Waals surface area (Å²) in [5, 5.41) is 4.09. The maximum absolute atomic E-state index is 3.46. The number of nitrogens with one attached hydrogen (secondary N) is 1. The predicted molar refractivity (Wildman–Crippen MR) is 99.0 cm³/mol. The van der Waals surface area contributed by atoms with Gasteiger partial charge in [-0.05, 0) is 12.1 Å². The topological polar surface area (TPSA) is 15.3 Å². The summed E-state index contributed by atoms with van der Waals surface area (Å²) in [5.41, 5.74) is 1.38. The van der Waals surface area contributed by atoms with Crippen LogP contribution >= 0.6 is 11.8 Å². The second-order valence-corrected chi connectivity index (χ2v) is 8.57.